The summed E-state index contributed by atoms with van der Waals surface area (Å²) >= 11 is 5.93. The summed E-state index contributed by atoms with van der Waals surface area (Å²) in [6, 6.07) is 9.67. The number of halogens is 1. The molecular formula is C21H29ClN2O. The number of hydrogen-bond donors (Lipinski definition) is 1. The molecule has 3 nitrogen and oxygen atoms in total. The van der Waals surface area contributed by atoms with Crippen molar-refractivity contribution in [2.24, 2.45) is 0 Å². The molecule has 1 N–H and O–H groups in total. The number of hydrogen-bond acceptors (Lipinski definition) is 2. The second-order valence-electron chi connectivity index (χ2n) is 8.13. The number of nitrogens with zero attached hydrogens (tertiary/aromatic N) is 1. The van der Waals surface area contributed by atoms with E-state index >= 15 is 0 Å². The summed E-state index contributed by atoms with van der Waals surface area (Å²) in [4.78, 5) is 15.4. The van der Waals surface area contributed by atoms with Crippen LogP contribution in [0.3, 0.4) is 0 Å². The van der Waals surface area contributed by atoms with Crippen LogP contribution in [0.15, 0.2) is 24.3 Å². The predicted molar refractivity (Wildman–Crippen MR) is 102 cm³/mol. The molecule has 3 aliphatic rings. The van der Waals surface area contributed by atoms with Crippen LogP contribution in [0.25, 0.3) is 0 Å². The van der Waals surface area contributed by atoms with E-state index in [4.69, 9.17) is 11.6 Å². The fraction of sp³-hybridized carbons (Fsp3) is 0.667. The molecule has 0 spiro atoms. The maximum absolute atomic E-state index is 12.6. The van der Waals surface area contributed by atoms with Crippen LogP contribution in [-0.4, -0.2) is 35.0 Å². The summed E-state index contributed by atoms with van der Waals surface area (Å²) in [5.41, 5.74) is 0.712. The first-order chi connectivity index (χ1) is 12.2. The maximum Gasteiger partial charge on any atom is 0.251 e. The number of fused-ring (bicyclic) bond motifs is 2. The summed E-state index contributed by atoms with van der Waals surface area (Å²) in [5, 5.41) is 3.97. The van der Waals surface area contributed by atoms with Gasteiger partial charge in [0.2, 0.25) is 0 Å². The van der Waals surface area contributed by atoms with Gasteiger partial charge in [0.1, 0.15) is 0 Å². The minimum Gasteiger partial charge on any atom is -0.349 e. The lowest BCUT2D eigenvalue weighted by Gasteiger charge is -2.53. The molecule has 2 bridgehead atoms. The molecule has 2 aliphatic heterocycles. The Morgan fingerprint density at radius 3 is 2.12 bits per heavy atom. The van der Waals surface area contributed by atoms with Crippen LogP contribution in [0.2, 0.25) is 5.02 Å². The Morgan fingerprint density at radius 2 is 1.48 bits per heavy atom. The van der Waals surface area contributed by atoms with E-state index in [0.29, 0.717) is 28.7 Å². The first-order valence-electron chi connectivity index (χ1n) is 10.0. The van der Waals surface area contributed by atoms with E-state index in [1.54, 1.807) is 12.1 Å². The Kier molecular flexibility index (Phi) is 5.33. The minimum atomic E-state index is 0.0471. The van der Waals surface area contributed by atoms with E-state index in [1.165, 1.54) is 51.4 Å². The first kappa shape index (κ1) is 17.4. The van der Waals surface area contributed by atoms with Gasteiger partial charge in [0.15, 0.2) is 0 Å². The molecule has 136 valence electrons. The van der Waals surface area contributed by atoms with Gasteiger partial charge in [-0.1, -0.05) is 37.3 Å². The highest BCUT2D eigenvalue weighted by molar-refractivity contribution is 6.30. The smallest absolute Gasteiger partial charge is 0.251 e. The van der Waals surface area contributed by atoms with Crippen LogP contribution in [0.5, 0.6) is 0 Å². The first-order valence-corrected chi connectivity index (χ1v) is 10.4. The van der Waals surface area contributed by atoms with E-state index in [1.807, 2.05) is 12.1 Å². The van der Waals surface area contributed by atoms with Crippen molar-refractivity contribution in [3.05, 3.63) is 34.9 Å². The number of carbonyl (C=O) groups is 1. The predicted octanol–water partition coefficient (Wildman–Crippen LogP) is 4.79. The van der Waals surface area contributed by atoms with Crippen LogP contribution in [0.1, 0.15) is 74.6 Å². The van der Waals surface area contributed by atoms with Crippen LogP contribution in [0, 0.1) is 0 Å². The summed E-state index contributed by atoms with van der Waals surface area (Å²) in [6.07, 6.45) is 13.2. The highest BCUT2D eigenvalue weighted by Gasteiger charge is 2.42. The summed E-state index contributed by atoms with van der Waals surface area (Å²) < 4.78 is 0. The molecule has 1 aromatic carbocycles. The average molecular weight is 361 g/mol. The molecule has 3 fully saturated rings. The number of amides is 1. The number of benzene rings is 1. The molecule has 1 aliphatic carbocycles. The second kappa shape index (κ2) is 7.67. The highest BCUT2D eigenvalue weighted by atomic mass is 35.5. The lowest BCUT2D eigenvalue weighted by Crippen LogP contribution is -2.60. The van der Waals surface area contributed by atoms with Gasteiger partial charge in [-0.05, 0) is 62.8 Å². The molecule has 0 radical (unpaired) electrons. The Morgan fingerprint density at radius 1 is 0.880 bits per heavy atom. The van der Waals surface area contributed by atoms with Gasteiger partial charge in [-0.25, -0.2) is 0 Å². The third-order valence-electron chi connectivity index (χ3n) is 6.47. The lowest BCUT2D eigenvalue weighted by atomic mass is 9.78. The van der Waals surface area contributed by atoms with Crippen molar-refractivity contribution in [3.8, 4) is 0 Å². The molecule has 4 rings (SSSR count). The third-order valence-corrected chi connectivity index (χ3v) is 6.72. The quantitative estimate of drug-likeness (QED) is 0.840. The zero-order valence-corrected chi connectivity index (χ0v) is 15.7. The summed E-state index contributed by atoms with van der Waals surface area (Å²) in [5.74, 6) is 0.0471. The van der Waals surface area contributed by atoms with E-state index in [2.05, 4.69) is 10.2 Å². The van der Waals surface area contributed by atoms with Crippen LogP contribution in [-0.2, 0) is 0 Å². The standard InChI is InChI=1S/C21H29ClN2O/c22-16-11-9-15(10-12-16)21(25)23-17-13-19-7-4-8-20(14-17)24(19)18-5-2-1-3-6-18/h9-12,17-20H,1-8,13-14H2,(H,23,25)/t19-,20-/m1/s1. The molecule has 2 saturated heterocycles. The molecule has 2 atom stereocenters. The molecule has 0 aromatic heterocycles. The number of carbonyl (C=O) groups excluding carboxylic acids is 1. The van der Waals surface area contributed by atoms with Crippen LogP contribution < -0.4 is 5.32 Å². The molecule has 2 heterocycles. The highest BCUT2D eigenvalue weighted by Crippen LogP contribution is 2.39. The molecule has 0 unspecified atom stereocenters. The van der Waals surface area contributed by atoms with Gasteiger partial charge in [-0.2, -0.15) is 0 Å². The topological polar surface area (TPSA) is 32.3 Å². The van der Waals surface area contributed by atoms with Gasteiger partial charge in [0.05, 0.1) is 0 Å². The Hall–Kier alpha value is -1.06. The third kappa shape index (κ3) is 3.88. The number of piperidine rings is 2. The van der Waals surface area contributed by atoms with Crippen molar-refractivity contribution >= 4 is 17.5 Å². The van der Waals surface area contributed by atoms with Gasteiger partial charge in [0, 0.05) is 34.8 Å². The van der Waals surface area contributed by atoms with Gasteiger partial charge in [-0.15, -0.1) is 0 Å². The van der Waals surface area contributed by atoms with Gasteiger partial charge < -0.3 is 5.32 Å². The number of nitrogens with one attached hydrogen (secondary N) is 1. The Balaban J connectivity index is 1.40. The molecular weight excluding hydrogens is 332 g/mol. The van der Waals surface area contributed by atoms with E-state index in [-0.39, 0.29) is 5.91 Å². The molecule has 1 aromatic rings. The lowest BCUT2D eigenvalue weighted by molar-refractivity contribution is -0.0211. The largest absolute Gasteiger partial charge is 0.349 e. The van der Waals surface area contributed by atoms with E-state index in [0.717, 1.165) is 18.9 Å². The fourth-order valence-corrected chi connectivity index (χ4v) is 5.51. The second-order valence-corrected chi connectivity index (χ2v) is 8.56. The minimum absolute atomic E-state index is 0.0471. The van der Waals surface area contributed by atoms with Crippen LogP contribution >= 0.6 is 11.6 Å². The van der Waals surface area contributed by atoms with Crippen molar-refractivity contribution in [2.45, 2.75) is 88.4 Å². The fourth-order valence-electron chi connectivity index (χ4n) is 5.38. The maximum atomic E-state index is 12.6. The zero-order valence-electron chi connectivity index (χ0n) is 14.9. The van der Waals surface area contributed by atoms with Crippen molar-refractivity contribution in [1.29, 1.82) is 0 Å². The van der Waals surface area contributed by atoms with Gasteiger partial charge in [0.25, 0.3) is 5.91 Å². The van der Waals surface area contributed by atoms with Crippen LogP contribution in [0.4, 0.5) is 0 Å². The van der Waals surface area contributed by atoms with E-state index < -0.39 is 0 Å². The molecule has 1 amide bonds. The Labute approximate surface area is 156 Å². The number of rotatable bonds is 3. The molecule has 25 heavy (non-hydrogen) atoms. The average Bonchev–Trinajstić information content (AvgIpc) is 2.62. The molecule has 4 heteroatoms. The summed E-state index contributed by atoms with van der Waals surface area (Å²) in [6.45, 7) is 0. The van der Waals surface area contributed by atoms with Crippen molar-refractivity contribution in [2.75, 3.05) is 0 Å². The van der Waals surface area contributed by atoms with E-state index in [9.17, 15) is 4.79 Å². The van der Waals surface area contributed by atoms with Crippen molar-refractivity contribution in [1.82, 2.24) is 10.2 Å². The SMILES string of the molecule is O=C(NC1C[C@H]2CCC[C@H](C1)N2C1CCCCC1)c1ccc(Cl)cc1. The van der Waals surface area contributed by atoms with Gasteiger partial charge >= 0.3 is 0 Å². The normalized spacial score (nSPS) is 30.8. The van der Waals surface area contributed by atoms with Gasteiger partial charge in [-0.3, -0.25) is 9.69 Å². The molecule has 1 saturated carbocycles. The van der Waals surface area contributed by atoms with Crippen molar-refractivity contribution < 1.29 is 4.79 Å². The Bertz CT molecular complexity index is 582. The zero-order chi connectivity index (χ0) is 17.2. The summed E-state index contributed by atoms with van der Waals surface area (Å²) in [7, 11) is 0. The monoisotopic (exact) mass is 360 g/mol. The van der Waals surface area contributed by atoms with Crippen molar-refractivity contribution in [3.63, 3.8) is 0 Å².